The van der Waals surface area contributed by atoms with Crippen LogP contribution in [0.5, 0.6) is 0 Å². The van der Waals surface area contributed by atoms with Crippen LogP contribution in [0.2, 0.25) is 0 Å². The van der Waals surface area contributed by atoms with Crippen LogP contribution in [0.25, 0.3) is 0 Å². The summed E-state index contributed by atoms with van der Waals surface area (Å²) in [6.07, 6.45) is 5.91. The highest BCUT2D eigenvalue weighted by atomic mass is 16.2. The predicted molar refractivity (Wildman–Crippen MR) is 77.3 cm³/mol. The number of likely N-dealkylation sites (N-methyl/N-ethyl adjacent to an activating group) is 1. The zero-order valence-electron chi connectivity index (χ0n) is 11.8. The number of nitrogens with one attached hydrogen (secondary N) is 1. The van der Waals surface area contributed by atoms with Crippen molar-refractivity contribution in [2.45, 2.75) is 38.1 Å². The minimum absolute atomic E-state index is 0.203. The van der Waals surface area contributed by atoms with Gasteiger partial charge in [0.05, 0.1) is 6.42 Å². The molecule has 0 radical (unpaired) electrons. The minimum Gasteiger partial charge on any atom is -0.315 e. The molecule has 1 heterocycles. The molecule has 1 N–H and O–H groups in total. The molecule has 3 rings (SSSR count). The molecular formula is C16H22N2O. The SMILES string of the molecule is CNC(c1ccc2c(c1)CC(=O)N2C)C1CCCC1. The Morgan fingerprint density at radius 3 is 2.74 bits per heavy atom. The normalized spacial score (nSPS) is 20.9. The van der Waals surface area contributed by atoms with E-state index in [0.29, 0.717) is 12.5 Å². The summed E-state index contributed by atoms with van der Waals surface area (Å²) < 4.78 is 0. The van der Waals surface area contributed by atoms with Gasteiger partial charge < -0.3 is 10.2 Å². The highest BCUT2D eigenvalue weighted by molar-refractivity contribution is 6.00. The summed E-state index contributed by atoms with van der Waals surface area (Å²) in [6.45, 7) is 0. The molecule has 3 heteroatoms. The van der Waals surface area contributed by atoms with Gasteiger partial charge in [-0.15, -0.1) is 0 Å². The molecule has 0 aromatic heterocycles. The molecule has 1 aliphatic heterocycles. The number of amides is 1. The largest absolute Gasteiger partial charge is 0.315 e. The van der Waals surface area contributed by atoms with Crippen LogP contribution in [0.1, 0.15) is 42.9 Å². The van der Waals surface area contributed by atoms with E-state index >= 15 is 0 Å². The third kappa shape index (κ3) is 2.16. The molecule has 1 fully saturated rings. The number of carbonyl (C=O) groups is 1. The average Bonchev–Trinajstić information content (AvgIpc) is 3.01. The quantitative estimate of drug-likeness (QED) is 0.904. The van der Waals surface area contributed by atoms with Crippen LogP contribution in [0, 0.1) is 5.92 Å². The highest BCUT2D eigenvalue weighted by Crippen LogP contribution is 2.37. The van der Waals surface area contributed by atoms with Crippen molar-refractivity contribution in [1.29, 1.82) is 0 Å². The monoisotopic (exact) mass is 258 g/mol. The first kappa shape index (κ1) is 12.7. The summed E-state index contributed by atoms with van der Waals surface area (Å²) in [5.74, 6) is 0.951. The Labute approximate surface area is 115 Å². The maximum Gasteiger partial charge on any atom is 0.231 e. The predicted octanol–water partition coefficient (Wildman–Crippen LogP) is 2.66. The molecule has 102 valence electrons. The lowest BCUT2D eigenvalue weighted by atomic mass is 9.90. The van der Waals surface area contributed by atoms with E-state index in [1.165, 1.54) is 36.8 Å². The van der Waals surface area contributed by atoms with Crippen molar-refractivity contribution in [3.05, 3.63) is 29.3 Å². The smallest absolute Gasteiger partial charge is 0.231 e. The average molecular weight is 258 g/mol. The Balaban J connectivity index is 1.89. The summed E-state index contributed by atoms with van der Waals surface area (Å²) in [7, 11) is 3.91. The number of hydrogen-bond acceptors (Lipinski definition) is 2. The second-order valence-corrected chi connectivity index (χ2v) is 5.83. The molecule has 1 aromatic carbocycles. The van der Waals surface area contributed by atoms with Gasteiger partial charge in [-0.25, -0.2) is 0 Å². The van der Waals surface area contributed by atoms with Gasteiger partial charge in [-0.3, -0.25) is 4.79 Å². The van der Waals surface area contributed by atoms with Crippen molar-refractivity contribution >= 4 is 11.6 Å². The first-order valence-corrected chi connectivity index (χ1v) is 7.27. The Hall–Kier alpha value is -1.35. The molecule has 1 atom stereocenters. The van der Waals surface area contributed by atoms with Gasteiger partial charge in [-0.05, 0) is 43.0 Å². The third-order valence-electron chi connectivity index (χ3n) is 4.72. The summed E-state index contributed by atoms with van der Waals surface area (Å²) in [5, 5.41) is 3.48. The van der Waals surface area contributed by atoms with Crippen LogP contribution in [0.4, 0.5) is 5.69 Å². The van der Waals surface area contributed by atoms with Crippen LogP contribution in [-0.4, -0.2) is 20.0 Å². The molecular weight excluding hydrogens is 236 g/mol. The molecule has 1 aliphatic carbocycles. The summed E-state index contributed by atoms with van der Waals surface area (Å²) >= 11 is 0. The first-order chi connectivity index (χ1) is 9.20. The Kier molecular flexibility index (Phi) is 3.31. The second-order valence-electron chi connectivity index (χ2n) is 5.83. The molecule has 0 bridgehead atoms. The van der Waals surface area contributed by atoms with Crippen molar-refractivity contribution in [2.75, 3.05) is 19.0 Å². The van der Waals surface area contributed by atoms with Crippen molar-refractivity contribution in [1.82, 2.24) is 5.32 Å². The van der Waals surface area contributed by atoms with Gasteiger partial charge in [0.25, 0.3) is 0 Å². The van der Waals surface area contributed by atoms with Crippen LogP contribution >= 0.6 is 0 Å². The fraction of sp³-hybridized carbons (Fsp3) is 0.562. The number of rotatable bonds is 3. The number of benzene rings is 1. The van der Waals surface area contributed by atoms with Gasteiger partial charge in [0.1, 0.15) is 0 Å². The van der Waals surface area contributed by atoms with Gasteiger partial charge in [-0.1, -0.05) is 25.0 Å². The lowest BCUT2D eigenvalue weighted by Crippen LogP contribution is -2.23. The molecule has 1 amide bonds. The fourth-order valence-electron chi connectivity index (χ4n) is 3.65. The van der Waals surface area contributed by atoms with E-state index in [0.717, 1.165) is 11.6 Å². The molecule has 1 saturated carbocycles. The topological polar surface area (TPSA) is 32.3 Å². The van der Waals surface area contributed by atoms with E-state index in [4.69, 9.17) is 0 Å². The van der Waals surface area contributed by atoms with Gasteiger partial charge in [0.15, 0.2) is 0 Å². The number of carbonyl (C=O) groups excluding carboxylic acids is 1. The van der Waals surface area contributed by atoms with E-state index in [-0.39, 0.29) is 5.91 Å². The van der Waals surface area contributed by atoms with E-state index in [9.17, 15) is 4.79 Å². The van der Waals surface area contributed by atoms with E-state index in [1.54, 1.807) is 4.90 Å². The van der Waals surface area contributed by atoms with Crippen molar-refractivity contribution < 1.29 is 4.79 Å². The molecule has 0 saturated heterocycles. The van der Waals surface area contributed by atoms with Crippen molar-refractivity contribution in [2.24, 2.45) is 5.92 Å². The molecule has 1 unspecified atom stereocenters. The van der Waals surface area contributed by atoms with Crippen molar-refractivity contribution in [3.63, 3.8) is 0 Å². The first-order valence-electron chi connectivity index (χ1n) is 7.27. The zero-order valence-corrected chi connectivity index (χ0v) is 11.8. The van der Waals surface area contributed by atoms with Crippen LogP contribution in [0.15, 0.2) is 18.2 Å². The van der Waals surface area contributed by atoms with Gasteiger partial charge in [0.2, 0.25) is 5.91 Å². The lowest BCUT2D eigenvalue weighted by Gasteiger charge is -2.24. The second kappa shape index (κ2) is 4.97. The van der Waals surface area contributed by atoms with E-state index < -0.39 is 0 Å². The summed E-state index contributed by atoms with van der Waals surface area (Å²) in [4.78, 5) is 13.5. The standard InChI is InChI=1S/C16H22N2O/c1-17-16(11-5-3-4-6-11)12-7-8-14-13(9-12)10-15(19)18(14)2/h7-9,11,16-17H,3-6,10H2,1-2H3. The number of fused-ring (bicyclic) bond motifs is 1. The number of nitrogens with zero attached hydrogens (tertiary/aromatic N) is 1. The van der Waals surface area contributed by atoms with Gasteiger partial charge >= 0.3 is 0 Å². The molecule has 0 spiro atoms. The number of anilines is 1. The van der Waals surface area contributed by atoms with Crippen LogP contribution < -0.4 is 10.2 Å². The zero-order chi connectivity index (χ0) is 13.4. The minimum atomic E-state index is 0.203. The fourth-order valence-corrected chi connectivity index (χ4v) is 3.65. The third-order valence-corrected chi connectivity index (χ3v) is 4.72. The van der Waals surface area contributed by atoms with Crippen LogP contribution in [-0.2, 0) is 11.2 Å². The molecule has 2 aliphatic rings. The van der Waals surface area contributed by atoms with E-state index in [2.05, 4.69) is 23.5 Å². The Bertz CT molecular complexity index is 492. The maximum absolute atomic E-state index is 11.7. The number of hydrogen-bond donors (Lipinski definition) is 1. The van der Waals surface area contributed by atoms with Crippen molar-refractivity contribution in [3.8, 4) is 0 Å². The van der Waals surface area contributed by atoms with E-state index in [1.807, 2.05) is 14.1 Å². The highest BCUT2D eigenvalue weighted by Gasteiger charge is 2.28. The summed E-state index contributed by atoms with van der Waals surface area (Å²) in [6, 6.07) is 6.96. The van der Waals surface area contributed by atoms with Gasteiger partial charge in [-0.2, -0.15) is 0 Å². The Morgan fingerprint density at radius 2 is 2.05 bits per heavy atom. The maximum atomic E-state index is 11.7. The van der Waals surface area contributed by atoms with Crippen LogP contribution in [0.3, 0.4) is 0 Å². The van der Waals surface area contributed by atoms with Gasteiger partial charge in [0, 0.05) is 18.8 Å². The molecule has 19 heavy (non-hydrogen) atoms. The molecule has 1 aromatic rings. The lowest BCUT2D eigenvalue weighted by molar-refractivity contribution is -0.117. The summed E-state index contributed by atoms with van der Waals surface area (Å²) in [5.41, 5.74) is 3.61. The molecule has 3 nitrogen and oxygen atoms in total. The Morgan fingerprint density at radius 1 is 1.32 bits per heavy atom.